The van der Waals surface area contributed by atoms with Crippen LogP contribution in [-0.4, -0.2) is 62.5 Å². The van der Waals surface area contributed by atoms with Crippen molar-refractivity contribution in [2.75, 3.05) is 19.8 Å². The molecule has 0 N–H and O–H groups in total. The van der Waals surface area contributed by atoms with Crippen molar-refractivity contribution in [2.24, 2.45) is 13.0 Å². The molecule has 138 valence electrons. The van der Waals surface area contributed by atoms with Gasteiger partial charge in [-0.1, -0.05) is 0 Å². The zero-order valence-electron chi connectivity index (χ0n) is 14.8. The molecule has 1 amide bonds. The minimum Gasteiger partial charge on any atom is -0.376 e. The summed E-state index contributed by atoms with van der Waals surface area (Å²) in [7, 11) is 1.76. The van der Waals surface area contributed by atoms with E-state index in [1.165, 1.54) is 0 Å². The zero-order valence-corrected chi connectivity index (χ0v) is 14.8. The van der Waals surface area contributed by atoms with Gasteiger partial charge >= 0.3 is 0 Å². The van der Waals surface area contributed by atoms with Crippen molar-refractivity contribution in [1.29, 1.82) is 0 Å². The second kappa shape index (κ2) is 7.51. The topological polar surface area (TPSA) is 82.4 Å². The lowest BCUT2D eigenvalue weighted by Crippen LogP contribution is -2.51. The number of fused-ring (bicyclic) bond motifs is 1. The highest BCUT2D eigenvalue weighted by molar-refractivity contribution is 5.90. The largest absolute Gasteiger partial charge is 0.376 e. The van der Waals surface area contributed by atoms with Crippen molar-refractivity contribution >= 4 is 5.91 Å². The van der Waals surface area contributed by atoms with Gasteiger partial charge in [-0.2, -0.15) is 0 Å². The summed E-state index contributed by atoms with van der Waals surface area (Å²) in [5.41, 5.74) is 1.12. The number of ether oxygens (including phenoxy) is 2. The Kier molecular flexibility index (Phi) is 4.94. The Labute approximate surface area is 152 Å². The van der Waals surface area contributed by atoms with E-state index in [1.807, 2.05) is 17.0 Å². The van der Waals surface area contributed by atoms with E-state index >= 15 is 0 Å². The molecule has 2 aromatic rings. The van der Waals surface area contributed by atoms with E-state index in [0.29, 0.717) is 32.3 Å². The zero-order chi connectivity index (χ0) is 17.9. The Bertz CT molecular complexity index is 750. The fraction of sp³-hybridized carbons (Fsp3) is 0.556. The first-order valence-corrected chi connectivity index (χ1v) is 8.95. The number of pyridine rings is 1. The van der Waals surface area contributed by atoms with Gasteiger partial charge in [-0.25, -0.2) is 4.98 Å². The number of aromatic nitrogens is 4. The molecule has 3 atom stereocenters. The summed E-state index contributed by atoms with van der Waals surface area (Å²) in [6.45, 7) is 2.39. The van der Waals surface area contributed by atoms with Crippen LogP contribution < -0.4 is 0 Å². The van der Waals surface area contributed by atoms with E-state index in [-0.39, 0.29) is 23.9 Å². The molecule has 0 unspecified atom stereocenters. The van der Waals surface area contributed by atoms with Gasteiger partial charge < -0.3 is 14.4 Å². The van der Waals surface area contributed by atoms with Crippen molar-refractivity contribution < 1.29 is 14.3 Å². The minimum atomic E-state index is -0.109. The number of carbonyl (C=O) groups excluding carboxylic acids is 1. The summed E-state index contributed by atoms with van der Waals surface area (Å²) in [5, 5.41) is 4.15. The number of hydrogen-bond donors (Lipinski definition) is 0. The maximum Gasteiger partial charge on any atom is 0.293 e. The Morgan fingerprint density at radius 3 is 2.96 bits per heavy atom. The summed E-state index contributed by atoms with van der Waals surface area (Å²) in [6.07, 6.45) is 6.97. The summed E-state index contributed by atoms with van der Waals surface area (Å²) < 4.78 is 13.3. The van der Waals surface area contributed by atoms with Crippen LogP contribution >= 0.6 is 0 Å². The lowest BCUT2D eigenvalue weighted by molar-refractivity contribution is -0.0454. The van der Waals surface area contributed by atoms with E-state index in [0.717, 1.165) is 18.4 Å². The first-order chi connectivity index (χ1) is 12.7. The molecule has 8 heteroatoms. The maximum absolute atomic E-state index is 12.8. The Balaban J connectivity index is 1.34. The number of rotatable bonds is 5. The second-order valence-corrected chi connectivity index (χ2v) is 6.93. The van der Waals surface area contributed by atoms with Crippen molar-refractivity contribution in [3.63, 3.8) is 0 Å². The summed E-state index contributed by atoms with van der Waals surface area (Å²) in [4.78, 5) is 22.7. The second-order valence-electron chi connectivity index (χ2n) is 6.93. The molecule has 26 heavy (non-hydrogen) atoms. The van der Waals surface area contributed by atoms with Crippen LogP contribution in [0.4, 0.5) is 0 Å². The quantitative estimate of drug-likeness (QED) is 0.795. The molecular formula is C18H23N5O3. The molecule has 1 saturated carbocycles. The van der Waals surface area contributed by atoms with E-state index in [2.05, 4.69) is 15.1 Å². The highest BCUT2D eigenvalue weighted by atomic mass is 16.5. The van der Waals surface area contributed by atoms with Gasteiger partial charge in [0.2, 0.25) is 5.82 Å². The Hall–Kier alpha value is -2.32. The number of hydrogen-bond acceptors (Lipinski definition) is 6. The van der Waals surface area contributed by atoms with Gasteiger partial charge in [0.05, 0.1) is 32.0 Å². The van der Waals surface area contributed by atoms with Gasteiger partial charge in [-0.3, -0.25) is 14.5 Å². The summed E-state index contributed by atoms with van der Waals surface area (Å²) in [6, 6.07) is 3.99. The molecule has 1 aliphatic carbocycles. The fourth-order valence-electron chi connectivity index (χ4n) is 3.83. The molecule has 1 saturated heterocycles. The number of amides is 1. The fourth-order valence-corrected chi connectivity index (χ4v) is 3.83. The third-order valence-electron chi connectivity index (χ3n) is 5.06. The average Bonchev–Trinajstić information content (AvgIpc) is 3.27. The van der Waals surface area contributed by atoms with E-state index in [1.54, 1.807) is 30.5 Å². The molecular weight excluding hydrogens is 334 g/mol. The Morgan fingerprint density at radius 2 is 2.19 bits per heavy atom. The molecule has 0 radical (unpaired) electrons. The average molecular weight is 357 g/mol. The van der Waals surface area contributed by atoms with Crippen LogP contribution in [0.2, 0.25) is 0 Å². The normalized spacial score (nSPS) is 25.3. The Morgan fingerprint density at radius 1 is 1.35 bits per heavy atom. The standard InChI is InChI=1S/C18H23N5O3/c1-22-12-20-17(21-22)18(24)23-6-7-26-16-9-14(8-15(16)23)11-25-10-13-2-4-19-5-3-13/h2-5,12,14-16H,6-11H2,1H3/t14-,15+,16-/m1/s1. The molecule has 0 aromatic carbocycles. The van der Waals surface area contributed by atoms with E-state index in [4.69, 9.17) is 9.47 Å². The van der Waals surface area contributed by atoms with Crippen molar-refractivity contribution in [3.05, 3.63) is 42.2 Å². The first-order valence-electron chi connectivity index (χ1n) is 8.95. The van der Waals surface area contributed by atoms with Crippen LogP contribution in [-0.2, 0) is 23.1 Å². The highest BCUT2D eigenvalue weighted by Crippen LogP contribution is 2.35. The smallest absolute Gasteiger partial charge is 0.293 e. The van der Waals surface area contributed by atoms with Crippen LogP contribution in [0.1, 0.15) is 29.0 Å². The van der Waals surface area contributed by atoms with Crippen LogP contribution in [0.3, 0.4) is 0 Å². The van der Waals surface area contributed by atoms with Gasteiger partial charge in [-0.05, 0) is 36.5 Å². The lowest BCUT2D eigenvalue weighted by atomic mass is 10.1. The molecule has 0 spiro atoms. The van der Waals surface area contributed by atoms with Crippen molar-refractivity contribution in [3.8, 4) is 0 Å². The molecule has 2 aliphatic rings. The highest BCUT2D eigenvalue weighted by Gasteiger charge is 2.43. The van der Waals surface area contributed by atoms with Crippen molar-refractivity contribution in [2.45, 2.75) is 31.6 Å². The molecule has 4 rings (SSSR count). The summed E-state index contributed by atoms with van der Waals surface area (Å²) >= 11 is 0. The van der Waals surface area contributed by atoms with Gasteiger partial charge in [0.1, 0.15) is 6.33 Å². The van der Waals surface area contributed by atoms with Gasteiger partial charge in [0.15, 0.2) is 0 Å². The number of morpholine rings is 1. The minimum absolute atomic E-state index is 0.0749. The van der Waals surface area contributed by atoms with Gasteiger partial charge in [0, 0.05) is 26.0 Å². The van der Waals surface area contributed by atoms with Crippen LogP contribution in [0.25, 0.3) is 0 Å². The predicted octanol–water partition coefficient (Wildman–Crippen LogP) is 1.05. The molecule has 2 fully saturated rings. The monoisotopic (exact) mass is 357 g/mol. The number of aryl methyl sites for hydroxylation is 1. The van der Waals surface area contributed by atoms with Crippen LogP contribution in [0, 0.1) is 5.92 Å². The third kappa shape index (κ3) is 3.61. The molecule has 8 nitrogen and oxygen atoms in total. The van der Waals surface area contributed by atoms with E-state index in [9.17, 15) is 4.79 Å². The maximum atomic E-state index is 12.8. The van der Waals surface area contributed by atoms with E-state index < -0.39 is 0 Å². The molecule has 0 bridgehead atoms. The van der Waals surface area contributed by atoms with Gasteiger partial charge in [-0.15, -0.1) is 5.10 Å². The third-order valence-corrected chi connectivity index (χ3v) is 5.06. The SMILES string of the molecule is Cn1cnc(C(=O)N2CCO[C@@H]3C[C@H](COCc4ccncc4)C[C@@H]32)n1. The number of carbonyl (C=O) groups is 1. The van der Waals surface area contributed by atoms with Crippen molar-refractivity contribution in [1.82, 2.24) is 24.6 Å². The summed E-state index contributed by atoms with van der Waals surface area (Å²) in [5.74, 6) is 0.532. The molecule has 3 heterocycles. The predicted molar refractivity (Wildman–Crippen MR) is 92.2 cm³/mol. The molecule has 1 aliphatic heterocycles. The van der Waals surface area contributed by atoms with Crippen LogP contribution in [0.15, 0.2) is 30.9 Å². The lowest BCUT2D eigenvalue weighted by Gasteiger charge is -2.36. The van der Waals surface area contributed by atoms with Crippen LogP contribution in [0.5, 0.6) is 0 Å². The molecule has 2 aromatic heterocycles. The van der Waals surface area contributed by atoms with Gasteiger partial charge in [0.25, 0.3) is 5.91 Å². The first kappa shape index (κ1) is 17.1. The number of nitrogens with zero attached hydrogens (tertiary/aromatic N) is 5.